The number of hydrogen-bond donors (Lipinski definition) is 0. The molecule has 6 aromatic carbocycles. The normalized spacial score (nSPS) is 11.6. The lowest BCUT2D eigenvalue weighted by molar-refractivity contribution is 1.08. The van der Waals surface area contributed by atoms with Gasteiger partial charge in [0, 0.05) is 47.6 Å². The van der Waals surface area contributed by atoms with Crippen molar-refractivity contribution >= 4 is 53.3 Å². The third kappa shape index (κ3) is 3.87. The van der Waals surface area contributed by atoms with E-state index in [0.717, 1.165) is 16.7 Å². The fourth-order valence-electron chi connectivity index (χ4n) is 6.30. The van der Waals surface area contributed by atoms with Gasteiger partial charge in [-0.1, -0.05) is 115 Å². The van der Waals surface area contributed by atoms with Crippen LogP contribution in [0.2, 0.25) is 0 Å². The van der Waals surface area contributed by atoms with Crippen molar-refractivity contribution in [1.82, 2.24) is 19.5 Å². The molecule has 0 spiro atoms. The van der Waals surface area contributed by atoms with E-state index >= 15 is 0 Å². The summed E-state index contributed by atoms with van der Waals surface area (Å²) in [5, 5.41) is 4.95. The highest BCUT2D eigenvalue weighted by Gasteiger charge is 2.20. The van der Waals surface area contributed by atoms with Gasteiger partial charge in [-0.25, -0.2) is 15.0 Å². The number of benzene rings is 6. The fraction of sp³-hybridized carbons (Fsp3) is 0. The fourth-order valence-corrected chi connectivity index (χ4v) is 7.54. The maximum absolute atomic E-state index is 5.05. The number of hydrogen-bond acceptors (Lipinski definition) is 4. The first-order valence-electron chi connectivity index (χ1n) is 14.6. The number of aromatic nitrogens is 4. The van der Waals surface area contributed by atoms with E-state index in [2.05, 4.69) is 89.5 Å². The van der Waals surface area contributed by atoms with Crippen LogP contribution in [0.25, 0.3) is 81.8 Å². The van der Waals surface area contributed by atoms with Gasteiger partial charge in [0.05, 0.1) is 16.7 Å². The molecule has 0 fully saturated rings. The zero-order valence-electron chi connectivity index (χ0n) is 23.6. The number of para-hydroxylation sites is 2. The van der Waals surface area contributed by atoms with Crippen LogP contribution < -0.4 is 0 Å². The minimum Gasteiger partial charge on any atom is -0.309 e. The van der Waals surface area contributed by atoms with Crippen molar-refractivity contribution in [1.29, 1.82) is 0 Å². The first-order valence-corrected chi connectivity index (χ1v) is 15.5. The average molecular weight is 581 g/mol. The molecule has 0 aliphatic carbocycles. The lowest BCUT2D eigenvalue weighted by Gasteiger charge is -2.11. The molecule has 206 valence electrons. The van der Waals surface area contributed by atoms with Crippen LogP contribution in [-0.4, -0.2) is 19.5 Å². The van der Waals surface area contributed by atoms with Gasteiger partial charge < -0.3 is 4.57 Å². The minimum absolute atomic E-state index is 0.665. The van der Waals surface area contributed by atoms with E-state index in [4.69, 9.17) is 15.0 Å². The smallest absolute Gasteiger partial charge is 0.165 e. The molecule has 0 saturated carbocycles. The molecule has 0 atom stereocenters. The van der Waals surface area contributed by atoms with Gasteiger partial charge in [0.1, 0.15) is 0 Å². The molecule has 0 amide bonds. The highest BCUT2D eigenvalue weighted by atomic mass is 32.1. The zero-order chi connectivity index (χ0) is 29.0. The Morgan fingerprint density at radius 2 is 0.955 bits per heavy atom. The molecular weight excluding hydrogens is 557 g/mol. The molecule has 3 aromatic heterocycles. The van der Waals surface area contributed by atoms with E-state index in [1.807, 2.05) is 60.7 Å². The second kappa shape index (κ2) is 9.97. The zero-order valence-corrected chi connectivity index (χ0v) is 24.4. The largest absolute Gasteiger partial charge is 0.309 e. The van der Waals surface area contributed by atoms with Crippen LogP contribution in [0.15, 0.2) is 146 Å². The Hall–Kier alpha value is -5.65. The molecule has 0 unspecified atom stereocenters. The summed E-state index contributed by atoms with van der Waals surface area (Å²) in [5.74, 6) is 2.00. The molecule has 0 radical (unpaired) electrons. The van der Waals surface area contributed by atoms with Crippen molar-refractivity contribution in [2.75, 3.05) is 0 Å². The van der Waals surface area contributed by atoms with Crippen molar-refractivity contribution in [3.8, 4) is 39.9 Å². The van der Waals surface area contributed by atoms with Gasteiger partial charge in [-0.05, 0) is 30.3 Å². The summed E-state index contributed by atoms with van der Waals surface area (Å²) in [6, 6.07) is 50.7. The maximum Gasteiger partial charge on any atom is 0.165 e. The first-order chi connectivity index (χ1) is 21.8. The molecule has 3 heterocycles. The Balaban J connectivity index is 1.32. The third-order valence-electron chi connectivity index (χ3n) is 8.26. The maximum atomic E-state index is 5.05. The average Bonchev–Trinajstić information content (AvgIpc) is 3.65. The van der Waals surface area contributed by atoms with Crippen LogP contribution in [-0.2, 0) is 0 Å². The monoisotopic (exact) mass is 580 g/mol. The second-order valence-corrected chi connectivity index (χ2v) is 11.9. The Morgan fingerprint density at radius 1 is 0.432 bits per heavy atom. The molecule has 0 bridgehead atoms. The van der Waals surface area contributed by atoms with E-state index in [0.29, 0.717) is 17.5 Å². The molecule has 4 nitrogen and oxygen atoms in total. The molecule has 0 aliphatic rings. The highest BCUT2D eigenvalue weighted by Crippen LogP contribution is 2.43. The van der Waals surface area contributed by atoms with E-state index in [1.54, 1.807) is 11.3 Å². The quantitative estimate of drug-likeness (QED) is 0.208. The summed E-state index contributed by atoms with van der Waals surface area (Å²) < 4.78 is 4.81. The van der Waals surface area contributed by atoms with E-state index < -0.39 is 0 Å². The summed E-state index contributed by atoms with van der Waals surface area (Å²) >= 11 is 1.79. The third-order valence-corrected chi connectivity index (χ3v) is 9.47. The van der Waals surface area contributed by atoms with Crippen molar-refractivity contribution in [3.05, 3.63) is 146 Å². The molecule has 44 heavy (non-hydrogen) atoms. The predicted octanol–water partition coefficient (Wildman–Crippen LogP) is 10.3. The Kier molecular flexibility index (Phi) is 5.64. The lowest BCUT2D eigenvalue weighted by Crippen LogP contribution is -2.00. The van der Waals surface area contributed by atoms with Crippen LogP contribution in [0.1, 0.15) is 0 Å². The van der Waals surface area contributed by atoms with Crippen LogP contribution >= 0.6 is 11.3 Å². The summed E-state index contributed by atoms with van der Waals surface area (Å²) in [5.41, 5.74) is 6.52. The van der Waals surface area contributed by atoms with Crippen molar-refractivity contribution < 1.29 is 0 Å². The highest BCUT2D eigenvalue weighted by molar-refractivity contribution is 7.26. The van der Waals surface area contributed by atoms with Gasteiger partial charge >= 0.3 is 0 Å². The summed E-state index contributed by atoms with van der Waals surface area (Å²) in [6.07, 6.45) is 0. The Morgan fingerprint density at radius 3 is 1.59 bits per heavy atom. The lowest BCUT2D eigenvalue weighted by atomic mass is 10.1. The Labute approximate surface area is 257 Å². The predicted molar refractivity (Wildman–Crippen MR) is 183 cm³/mol. The number of fused-ring (bicyclic) bond motifs is 6. The van der Waals surface area contributed by atoms with Crippen LogP contribution in [0.5, 0.6) is 0 Å². The summed E-state index contributed by atoms with van der Waals surface area (Å²) in [7, 11) is 0. The van der Waals surface area contributed by atoms with Gasteiger partial charge in [0.25, 0.3) is 0 Å². The van der Waals surface area contributed by atoms with Crippen molar-refractivity contribution in [2.24, 2.45) is 0 Å². The molecule has 9 rings (SSSR count). The van der Waals surface area contributed by atoms with Crippen LogP contribution in [0, 0.1) is 0 Å². The molecule has 0 N–H and O–H groups in total. The number of rotatable bonds is 4. The number of nitrogens with zero attached hydrogens (tertiary/aromatic N) is 4. The summed E-state index contributed by atoms with van der Waals surface area (Å²) in [4.78, 5) is 15.0. The van der Waals surface area contributed by atoms with Gasteiger partial charge in [0.2, 0.25) is 0 Å². The van der Waals surface area contributed by atoms with E-state index in [-0.39, 0.29) is 0 Å². The van der Waals surface area contributed by atoms with Gasteiger partial charge in [-0.15, -0.1) is 11.3 Å². The van der Waals surface area contributed by atoms with Gasteiger partial charge in [-0.2, -0.15) is 0 Å². The van der Waals surface area contributed by atoms with Gasteiger partial charge in [-0.3, -0.25) is 0 Å². The van der Waals surface area contributed by atoms with Crippen LogP contribution in [0.4, 0.5) is 0 Å². The standard InChI is InChI=1S/C39H24N4S/c1-3-13-25(14-4-1)37-40-38(26-15-5-2-6-16-26)42-39(41-37)30-20-11-19-29-35-33(23-12-24-34(35)44-36(29)30)43-31-21-9-7-17-27(31)28-18-8-10-22-32(28)43/h1-24H. The SMILES string of the molecule is c1ccc(-c2nc(-c3ccccc3)nc(-c3cccc4c3sc3cccc(-n5c6ccccc6c6ccccc65)c34)n2)cc1. The topological polar surface area (TPSA) is 43.6 Å². The molecular formula is C39H24N4S. The van der Waals surface area contributed by atoms with E-state index in [1.165, 1.54) is 47.7 Å². The number of thiophene rings is 1. The minimum atomic E-state index is 0.665. The first kappa shape index (κ1) is 24.9. The summed E-state index contributed by atoms with van der Waals surface area (Å²) in [6.45, 7) is 0. The molecule has 0 aliphatic heterocycles. The molecule has 5 heteroatoms. The Bertz CT molecular complexity index is 2380. The van der Waals surface area contributed by atoms with E-state index in [9.17, 15) is 0 Å². The van der Waals surface area contributed by atoms with Gasteiger partial charge in [0.15, 0.2) is 17.5 Å². The van der Waals surface area contributed by atoms with Crippen molar-refractivity contribution in [2.45, 2.75) is 0 Å². The molecule has 0 saturated heterocycles. The second-order valence-electron chi connectivity index (χ2n) is 10.8. The van der Waals surface area contributed by atoms with Crippen molar-refractivity contribution in [3.63, 3.8) is 0 Å². The van der Waals surface area contributed by atoms with Crippen LogP contribution in [0.3, 0.4) is 0 Å². The molecule has 9 aromatic rings.